The third-order valence-corrected chi connectivity index (χ3v) is 4.80. The van der Waals surface area contributed by atoms with Crippen molar-refractivity contribution in [3.05, 3.63) is 53.9 Å². The summed E-state index contributed by atoms with van der Waals surface area (Å²) in [6.45, 7) is 2.35. The number of amides is 3. The number of benzene rings is 1. The summed E-state index contributed by atoms with van der Waals surface area (Å²) in [7, 11) is 3.22. The van der Waals surface area contributed by atoms with Crippen molar-refractivity contribution in [2.75, 3.05) is 33.9 Å². The van der Waals surface area contributed by atoms with Gasteiger partial charge in [0.2, 0.25) is 0 Å². The third kappa shape index (κ3) is 4.64. The molecule has 0 aliphatic carbocycles. The van der Waals surface area contributed by atoms with Crippen molar-refractivity contribution in [3.8, 4) is 5.75 Å². The molecule has 1 aliphatic rings. The minimum Gasteiger partial charge on any atom is -0.497 e. The maximum atomic E-state index is 12.7. The molecule has 0 fully saturated rings. The largest absolute Gasteiger partial charge is 0.497 e. The second-order valence-electron chi connectivity index (χ2n) is 6.60. The van der Waals surface area contributed by atoms with Crippen molar-refractivity contribution in [2.24, 2.45) is 0 Å². The minimum atomic E-state index is -0.270. The van der Waals surface area contributed by atoms with E-state index < -0.39 is 0 Å². The van der Waals surface area contributed by atoms with Crippen LogP contribution in [0.2, 0.25) is 0 Å². The summed E-state index contributed by atoms with van der Waals surface area (Å²) in [5, 5.41) is 5.71. The van der Waals surface area contributed by atoms with E-state index in [4.69, 9.17) is 9.47 Å². The van der Waals surface area contributed by atoms with E-state index >= 15 is 0 Å². The third-order valence-electron chi connectivity index (χ3n) is 4.80. The molecule has 0 spiro atoms. The molecule has 1 unspecified atom stereocenters. The van der Waals surface area contributed by atoms with Crippen LogP contribution in [0.1, 0.15) is 16.1 Å². The summed E-state index contributed by atoms with van der Waals surface area (Å²) in [5.74, 6) is 0.731. The number of carbonyl (C=O) groups is 2. The summed E-state index contributed by atoms with van der Waals surface area (Å²) < 4.78 is 12.2. The van der Waals surface area contributed by atoms with E-state index in [0.717, 1.165) is 11.3 Å². The molecule has 0 saturated heterocycles. The lowest BCUT2D eigenvalue weighted by Gasteiger charge is -2.36. The second kappa shape index (κ2) is 9.27. The molecule has 1 atom stereocenters. The number of nitrogens with zero attached hydrogens (tertiary/aromatic N) is 2. The monoisotopic (exact) mass is 386 g/mol. The van der Waals surface area contributed by atoms with Gasteiger partial charge in [-0.05, 0) is 29.8 Å². The summed E-state index contributed by atoms with van der Waals surface area (Å²) >= 11 is 0. The van der Waals surface area contributed by atoms with Crippen LogP contribution < -0.4 is 15.4 Å². The average molecular weight is 386 g/mol. The number of hydrogen-bond donors (Lipinski definition) is 2. The molecule has 8 heteroatoms. The predicted octanol–water partition coefficient (Wildman–Crippen LogP) is 1.47. The predicted molar refractivity (Wildman–Crippen MR) is 104 cm³/mol. The van der Waals surface area contributed by atoms with Crippen LogP contribution in [0.15, 0.2) is 42.6 Å². The molecule has 0 radical (unpaired) electrons. The zero-order valence-corrected chi connectivity index (χ0v) is 16.2. The zero-order chi connectivity index (χ0) is 19.9. The van der Waals surface area contributed by atoms with Gasteiger partial charge in [0.05, 0.1) is 19.8 Å². The highest BCUT2D eigenvalue weighted by molar-refractivity contribution is 5.93. The van der Waals surface area contributed by atoms with E-state index in [0.29, 0.717) is 38.5 Å². The van der Waals surface area contributed by atoms with Gasteiger partial charge in [-0.1, -0.05) is 12.1 Å². The molecule has 3 amide bonds. The van der Waals surface area contributed by atoms with Gasteiger partial charge in [0.25, 0.3) is 5.91 Å². The maximum Gasteiger partial charge on any atom is 0.315 e. The van der Waals surface area contributed by atoms with Gasteiger partial charge in [-0.15, -0.1) is 0 Å². The molecule has 1 aromatic heterocycles. The Balaban J connectivity index is 1.53. The Labute approximate surface area is 164 Å². The van der Waals surface area contributed by atoms with Crippen LogP contribution in [0, 0.1) is 0 Å². The Morgan fingerprint density at radius 3 is 2.68 bits per heavy atom. The molecule has 0 saturated carbocycles. The number of aromatic nitrogens is 1. The number of fused-ring (bicyclic) bond motifs is 1. The molecule has 2 heterocycles. The zero-order valence-electron chi connectivity index (χ0n) is 16.2. The Bertz CT molecular complexity index is 803. The van der Waals surface area contributed by atoms with E-state index in [-0.39, 0.29) is 18.0 Å². The van der Waals surface area contributed by atoms with Crippen LogP contribution in [0.25, 0.3) is 0 Å². The first kappa shape index (κ1) is 19.8. The van der Waals surface area contributed by atoms with Gasteiger partial charge in [-0.3, -0.25) is 4.79 Å². The molecule has 2 aromatic rings. The molecule has 8 nitrogen and oxygen atoms in total. The lowest BCUT2D eigenvalue weighted by atomic mass is 10.1. The molecule has 2 N–H and O–H groups in total. The van der Waals surface area contributed by atoms with E-state index in [2.05, 4.69) is 10.6 Å². The first-order valence-corrected chi connectivity index (χ1v) is 9.22. The summed E-state index contributed by atoms with van der Waals surface area (Å²) in [4.78, 5) is 26.7. The number of rotatable bonds is 8. The van der Waals surface area contributed by atoms with Gasteiger partial charge >= 0.3 is 6.03 Å². The number of carbonyl (C=O) groups excluding carboxylic acids is 2. The van der Waals surface area contributed by atoms with Crippen LogP contribution in [0.5, 0.6) is 5.75 Å². The SMILES string of the molecule is COCCN1C(=O)c2cccn2CC1CNC(=O)NCc1ccc(OC)cc1. The van der Waals surface area contributed by atoms with E-state index in [1.807, 2.05) is 47.2 Å². The summed E-state index contributed by atoms with van der Waals surface area (Å²) in [6, 6.07) is 10.8. The number of methoxy groups -OCH3 is 2. The normalized spacial score (nSPS) is 15.9. The smallest absolute Gasteiger partial charge is 0.315 e. The first-order valence-electron chi connectivity index (χ1n) is 9.22. The van der Waals surface area contributed by atoms with Crippen molar-refractivity contribution in [1.82, 2.24) is 20.1 Å². The Morgan fingerprint density at radius 2 is 1.96 bits per heavy atom. The quantitative estimate of drug-likeness (QED) is 0.720. The van der Waals surface area contributed by atoms with Crippen LogP contribution in [-0.4, -0.2) is 61.4 Å². The molecule has 28 heavy (non-hydrogen) atoms. The minimum absolute atomic E-state index is 0.0428. The molecule has 1 aromatic carbocycles. The van der Waals surface area contributed by atoms with Crippen molar-refractivity contribution in [1.29, 1.82) is 0 Å². The van der Waals surface area contributed by atoms with Gasteiger partial charge in [0.1, 0.15) is 11.4 Å². The Morgan fingerprint density at radius 1 is 1.18 bits per heavy atom. The van der Waals surface area contributed by atoms with Crippen molar-refractivity contribution in [2.45, 2.75) is 19.1 Å². The lowest BCUT2D eigenvalue weighted by Crippen LogP contribution is -2.54. The lowest BCUT2D eigenvalue weighted by molar-refractivity contribution is 0.0513. The molecular formula is C20H26N4O4. The topological polar surface area (TPSA) is 84.8 Å². The van der Waals surface area contributed by atoms with E-state index in [9.17, 15) is 9.59 Å². The summed E-state index contributed by atoms with van der Waals surface area (Å²) in [6.07, 6.45) is 1.89. The van der Waals surface area contributed by atoms with Crippen LogP contribution in [0.3, 0.4) is 0 Å². The van der Waals surface area contributed by atoms with Crippen LogP contribution in [0.4, 0.5) is 4.79 Å². The fourth-order valence-corrected chi connectivity index (χ4v) is 3.25. The van der Waals surface area contributed by atoms with E-state index in [1.165, 1.54) is 0 Å². The highest BCUT2D eigenvalue weighted by atomic mass is 16.5. The molecular weight excluding hydrogens is 360 g/mol. The van der Waals surface area contributed by atoms with Gasteiger partial charge in [0.15, 0.2) is 0 Å². The van der Waals surface area contributed by atoms with Crippen molar-refractivity contribution >= 4 is 11.9 Å². The van der Waals surface area contributed by atoms with Crippen molar-refractivity contribution < 1.29 is 19.1 Å². The van der Waals surface area contributed by atoms with Crippen LogP contribution in [-0.2, 0) is 17.8 Å². The highest BCUT2D eigenvalue weighted by Crippen LogP contribution is 2.18. The average Bonchev–Trinajstić information content (AvgIpc) is 3.19. The van der Waals surface area contributed by atoms with E-state index in [1.54, 1.807) is 19.1 Å². The summed E-state index contributed by atoms with van der Waals surface area (Å²) in [5.41, 5.74) is 1.64. The number of nitrogens with one attached hydrogen (secondary N) is 2. The standard InChI is InChI=1S/C20H26N4O4/c1-27-11-10-24-16(14-23-9-3-4-18(23)19(24)25)13-22-20(26)21-12-15-5-7-17(28-2)8-6-15/h3-9,16H,10-14H2,1-2H3,(H2,21,22,26). The van der Waals surface area contributed by atoms with Gasteiger partial charge < -0.3 is 29.6 Å². The maximum absolute atomic E-state index is 12.7. The Hall–Kier alpha value is -3.00. The highest BCUT2D eigenvalue weighted by Gasteiger charge is 2.31. The van der Waals surface area contributed by atoms with Gasteiger partial charge in [0, 0.05) is 39.5 Å². The first-order chi connectivity index (χ1) is 13.6. The number of hydrogen-bond acceptors (Lipinski definition) is 4. The fourth-order valence-electron chi connectivity index (χ4n) is 3.25. The van der Waals surface area contributed by atoms with Crippen molar-refractivity contribution in [3.63, 3.8) is 0 Å². The fraction of sp³-hybridized carbons (Fsp3) is 0.400. The number of ether oxygens (including phenoxy) is 2. The van der Waals surface area contributed by atoms with Gasteiger partial charge in [-0.25, -0.2) is 4.79 Å². The van der Waals surface area contributed by atoms with Gasteiger partial charge in [-0.2, -0.15) is 0 Å². The molecule has 1 aliphatic heterocycles. The molecule has 150 valence electrons. The molecule has 3 rings (SSSR count). The Kier molecular flexibility index (Phi) is 6.54. The molecule has 0 bridgehead atoms. The second-order valence-corrected chi connectivity index (χ2v) is 6.60. The number of urea groups is 1. The van der Waals surface area contributed by atoms with Crippen LogP contribution >= 0.6 is 0 Å².